The molecule has 72 valence electrons. The van der Waals surface area contributed by atoms with Gasteiger partial charge >= 0.3 is 0 Å². The molecule has 2 heterocycles. The summed E-state index contributed by atoms with van der Waals surface area (Å²) in [6, 6.07) is 1.97. The van der Waals surface area contributed by atoms with Crippen molar-refractivity contribution in [3.8, 4) is 0 Å². The first-order chi connectivity index (χ1) is 6.16. The molecule has 1 aliphatic rings. The number of aliphatic hydroxyl groups is 1. The van der Waals surface area contributed by atoms with Crippen LogP contribution in [0.2, 0.25) is 0 Å². The zero-order chi connectivity index (χ0) is 9.42. The van der Waals surface area contributed by atoms with Crippen molar-refractivity contribution in [1.29, 1.82) is 0 Å². The standard InChI is InChI=1S/C8H12BrN3O/c1-11-8(4-7(9)10-11)12-3-2-6(13)5-12/h4,6,13H,2-3,5H2,1H3/t6-/m0/s1. The van der Waals surface area contributed by atoms with Gasteiger partial charge in [0.1, 0.15) is 10.4 Å². The summed E-state index contributed by atoms with van der Waals surface area (Å²) in [7, 11) is 1.91. The Balaban J connectivity index is 2.20. The van der Waals surface area contributed by atoms with Crippen LogP contribution in [0.25, 0.3) is 0 Å². The van der Waals surface area contributed by atoms with Gasteiger partial charge in [0.25, 0.3) is 0 Å². The zero-order valence-corrected chi connectivity index (χ0v) is 9.03. The third kappa shape index (κ3) is 1.71. The molecule has 1 aliphatic heterocycles. The molecule has 0 saturated carbocycles. The SMILES string of the molecule is Cn1nc(Br)cc1N1CC[C@H](O)C1. The van der Waals surface area contributed by atoms with Gasteiger partial charge in [-0.2, -0.15) is 5.10 Å². The van der Waals surface area contributed by atoms with Gasteiger partial charge < -0.3 is 10.0 Å². The lowest BCUT2D eigenvalue weighted by Crippen LogP contribution is -2.23. The van der Waals surface area contributed by atoms with Crippen LogP contribution in [0, 0.1) is 0 Å². The van der Waals surface area contributed by atoms with Crippen LogP contribution in [-0.4, -0.2) is 34.1 Å². The van der Waals surface area contributed by atoms with Gasteiger partial charge in [0.15, 0.2) is 0 Å². The van der Waals surface area contributed by atoms with Crippen molar-refractivity contribution in [2.24, 2.45) is 7.05 Å². The zero-order valence-electron chi connectivity index (χ0n) is 7.44. The average Bonchev–Trinajstić information content (AvgIpc) is 2.58. The minimum Gasteiger partial charge on any atom is -0.391 e. The number of aryl methyl sites for hydroxylation is 1. The van der Waals surface area contributed by atoms with Crippen LogP contribution < -0.4 is 4.90 Å². The molecule has 0 radical (unpaired) electrons. The average molecular weight is 246 g/mol. The second-order valence-corrected chi connectivity index (χ2v) is 4.15. The molecule has 0 aliphatic carbocycles. The van der Waals surface area contributed by atoms with E-state index in [1.165, 1.54) is 0 Å². The van der Waals surface area contributed by atoms with Crippen molar-refractivity contribution >= 4 is 21.7 Å². The maximum atomic E-state index is 9.38. The highest BCUT2D eigenvalue weighted by molar-refractivity contribution is 9.10. The van der Waals surface area contributed by atoms with Gasteiger partial charge in [-0.15, -0.1) is 0 Å². The highest BCUT2D eigenvalue weighted by Crippen LogP contribution is 2.22. The molecule has 0 aromatic carbocycles. The van der Waals surface area contributed by atoms with E-state index in [-0.39, 0.29) is 6.10 Å². The van der Waals surface area contributed by atoms with E-state index in [1.807, 2.05) is 17.8 Å². The number of nitrogens with zero attached hydrogens (tertiary/aromatic N) is 3. The molecule has 0 amide bonds. The molecule has 5 heteroatoms. The van der Waals surface area contributed by atoms with Crippen LogP contribution in [0.3, 0.4) is 0 Å². The summed E-state index contributed by atoms with van der Waals surface area (Å²) >= 11 is 3.32. The Kier molecular flexibility index (Phi) is 2.29. The van der Waals surface area contributed by atoms with Crippen LogP contribution in [0.1, 0.15) is 6.42 Å². The number of aliphatic hydroxyl groups excluding tert-OH is 1. The summed E-state index contributed by atoms with van der Waals surface area (Å²) in [5.41, 5.74) is 0. The number of halogens is 1. The third-order valence-electron chi connectivity index (χ3n) is 2.31. The molecule has 0 unspecified atom stereocenters. The van der Waals surface area contributed by atoms with Crippen LogP contribution in [0.4, 0.5) is 5.82 Å². The monoisotopic (exact) mass is 245 g/mol. The molecule has 1 aromatic rings. The van der Waals surface area contributed by atoms with Crippen LogP contribution in [-0.2, 0) is 7.05 Å². The molecule has 13 heavy (non-hydrogen) atoms. The molecule has 4 nitrogen and oxygen atoms in total. The van der Waals surface area contributed by atoms with Gasteiger partial charge in [-0.1, -0.05) is 0 Å². The van der Waals surface area contributed by atoms with E-state index in [9.17, 15) is 5.11 Å². The van der Waals surface area contributed by atoms with Crippen molar-refractivity contribution in [2.75, 3.05) is 18.0 Å². The molecule has 1 saturated heterocycles. The van der Waals surface area contributed by atoms with Crippen LogP contribution in [0.5, 0.6) is 0 Å². The Hall–Kier alpha value is -0.550. The van der Waals surface area contributed by atoms with Crippen molar-refractivity contribution in [3.63, 3.8) is 0 Å². The molecule has 1 atom stereocenters. The summed E-state index contributed by atoms with van der Waals surface area (Å²) < 4.78 is 2.66. The fraction of sp³-hybridized carbons (Fsp3) is 0.625. The largest absolute Gasteiger partial charge is 0.391 e. The maximum Gasteiger partial charge on any atom is 0.130 e. The van der Waals surface area contributed by atoms with Crippen LogP contribution >= 0.6 is 15.9 Å². The van der Waals surface area contributed by atoms with E-state index >= 15 is 0 Å². The molecule has 1 N–H and O–H groups in total. The summed E-state index contributed by atoms with van der Waals surface area (Å²) in [4.78, 5) is 2.14. The fourth-order valence-corrected chi connectivity index (χ4v) is 2.11. The van der Waals surface area contributed by atoms with Gasteiger partial charge in [-0.3, -0.25) is 4.68 Å². The molecule has 2 rings (SSSR count). The third-order valence-corrected chi connectivity index (χ3v) is 2.70. The predicted molar refractivity (Wildman–Crippen MR) is 53.7 cm³/mol. The van der Waals surface area contributed by atoms with Gasteiger partial charge in [0, 0.05) is 26.2 Å². The number of β-amino-alcohol motifs (C(OH)–C–C–N with tert-alkyl or cyclic N) is 1. The molecular formula is C8H12BrN3O. The van der Waals surface area contributed by atoms with E-state index in [1.54, 1.807) is 0 Å². The van der Waals surface area contributed by atoms with E-state index in [2.05, 4.69) is 25.9 Å². The minimum absolute atomic E-state index is 0.186. The number of rotatable bonds is 1. The minimum atomic E-state index is -0.186. The second-order valence-electron chi connectivity index (χ2n) is 3.34. The quantitative estimate of drug-likeness (QED) is 0.795. The first kappa shape index (κ1) is 9.02. The molecule has 0 spiro atoms. The van der Waals surface area contributed by atoms with Gasteiger partial charge in [0.05, 0.1) is 6.10 Å². The van der Waals surface area contributed by atoms with Crippen molar-refractivity contribution in [1.82, 2.24) is 9.78 Å². The molecular weight excluding hydrogens is 234 g/mol. The Morgan fingerprint density at radius 2 is 2.46 bits per heavy atom. The summed E-state index contributed by atoms with van der Waals surface area (Å²) in [6.45, 7) is 1.62. The lowest BCUT2D eigenvalue weighted by atomic mass is 10.3. The number of hydrogen-bond donors (Lipinski definition) is 1. The summed E-state index contributed by atoms with van der Waals surface area (Å²) in [5.74, 6) is 1.06. The number of anilines is 1. The molecule has 1 aromatic heterocycles. The summed E-state index contributed by atoms with van der Waals surface area (Å²) in [6.07, 6.45) is 0.664. The van der Waals surface area contributed by atoms with Crippen molar-refractivity contribution in [3.05, 3.63) is 10.7 Å². The van der Waals surface area contributed by atoms with E-state index in [4.69, 9.17) is 0 Å². The number of hydrogen-bond acceptors (Lipinski definition) is 3. The topological polar surface area (TPSA) is 41.3 Å². The Morgan fingerprint density at radius 3 is 2.92 bits per heavy atom. The van der Waals surface area contributed by atoms with E-state index in [0.717, 1.165) is 23.4 Å². The van der Waals surface area contributed by atoms with Gasteiger partial charge in [0.2, 0.25) is 0 Å². The highest BCUT2D eigenvalue weighted by Gasteiger charge is 2.22. The first-order valence-corrected chi connectivity index (χ1v) is 5.08. The first-order valence-electron chi connectivity index (χ1n) is 4.29. The highest BCUT2D eigenvalue weighted by atomic mass is 79.9. The molecule has 1 fully saturated rings. The van der Waals surface area contributed by atoms with E-state index in [0.29, 0.717) is 6.54 Å². The normalized spacial score (nSPS) is 22.7. The summed E-state index contributed by atoms with van der Waals surface area (Å²) in [5, 5.41) is 13.6. The van der Waals surface area contributed by atoms with Gasteiger partial charge in [-0.25, -0.2) is 0 Å². The second kappa shape index (κ2) is 3.31. The lowest BCUT2D eigenvalue weighted by Gasteiger charge is -2.16. The van der Waals surface area contributed by atoms with Gasteiger partial charge in [-0.05, 0) is 22.4 Å². The Bertz CT molecular complexity index is 312. The lowest BCUT2D eigenvalue weighted by molar-refractivity contribution is 0.198. The Morgan fingerprint density at radius 1 is 1.69 bits per heavy atom. The van der Waals surface area contributed by atoms with Crippen molar-refractivity contribution in [2.45, 2.75) is 12.5 Å². The predicted octanol–water partition coefficient (Wildman–Crippen LogP) is 0.754. The number of aromatic nitrogens is 2. The van der Waals surface area contributed by atoms with Crippen LogP contribution in [0.15, 0.2) is 10.7 Å². The maximum absolute atomic E-state index is 9.38. The molecule has 0 bridgehead atoms. The van der Waals surface area contributed by atoms with Crippen molar-refractivity contribution < 1.29 is 5.11 Å². The Labute approximate surface area is 85.3 Å². The smallest absolute Gasteiger partial charge is 0.130 e. The fourth-order valence-electron chi connectivity index (χ4n) is 1.67. The van der Waals surface area contributed by atoms with E-state index < -0.39 is 0 Å².